The van der Waals surface area contributed by atoms with Crippen molar-refractivity contribution in [3.63, 3.8) is 0 Å². The predicted molar refractivity (Wildman–Crippen MR) is 72.6 cm³/mol. The molecule has 0 amide bonds. The third-order valence-electron chi connectivity index (χ3n) is 2.45. The molecule has 1 heterocycles. The average molecular weight is 381 g/mol. The van der Waals surface area contributed by atoms with Crippen molar-refractivity contribution in [3.8, 4) is 0 Å². The van der Waals surface area contributed by atoms with Crippen LogP contribution in [0.5, 0.6) is 0 Å². The highest BCUT2D eigenvalue weighted by atomic mass is 79.9. The minimum atomic E-state index is -4.24. The van der Waals surface area contributed by atoms with E-state index in [4.69, 9.17) is 5.11 Å². The van der Waals surface area contributed by atoms with Crippen molar-refractivity contribution in [2.24, 2.45) is 0 Å². The molecule has 0 saturated heterocycles. The molecule has 1 aromatic carbocycles. The Bertz CT molecular complexity index is 820. The van der Waals surface area contributed by atoms with E-state index in [1.54, 1.807) is 0 Å². The quantitative estimate of drug-likeness (QED) is 0.709. The van der Waals surface area contributed by atoms with Crippen LogP contribution in [0.1, 0.15) is 10.5 Å². The maximum absolute atomic E-state index is 13.6. The lowest BCUT2D eigenvalue weighted by molar-refractivity contribution is 0.0691. The number of carboxylic acids is 1. The number of aromatic carboxylic acids is 1. The molecule has 0 radical (unpaired) electrons. The number of aromatic nitrogens is 1. The molecule has 1 aromatic heterocycles. The first-order valence-electron chi connectivity index (χ1n) is 5.30. The lowest BCUT2D eigenvalue weighted by Gasteiger charge is -2.08. The van der Waals surface area contributed by atoms with Crippen molar-refractivity contribution in [2.45, 2.75) is 4.90 Å². The van der Waals surface area contributed by atoms with Crippen LogP contribution in [0.4, 0.5) is 14.5 Å². The molecule has 21 heavy (non-hydrogen) atoms. The lowest BCUT2D eigenvalue weighted by atomic mass is 10.3. The van der Waals surface area contributed by atoms with Gasteiger partial charge in [0.15, 0.2) is 0 Å². The number of aromatic amines is 1. The summed E-state index contributed by atoms with van der Waals surface area (Å²) in [6, 6.07) is 2.30. The Labute approximate surface area is 126 Å². The van der Waals surface area contributed by atoms with E-state index in [0.29, 0.717) is 6.07 Å². The summed E-state index contributed by atoms with van der Waals surface area (Å²) in [5.41, 5.74) is -0.938. The number of H-pyrrole nitrogens is 1. The number of anilines is 1. The number of nitrogens with one attached hydrogen (secondary N) is 2. The molecular formula is C11H7BrF2N2O4S. The monoisotopic (exact) mass is 380 g/mol. The van der Waals surface area contributed by atoms with Crippen molar-refractivity contribution in [1.82, 2.24) is 4.98 Å². The van der Waals surface area contributed by atoms with Crippen LogP contribution in [-0.4, -0.2) is 24.5 Å². The van der Waals surface area contributed by atoms with Gasteiger partial charge in [0.25, 0.3) is 10.0 Å². The molecule has 0 atom stereocenters. The first kappa shape index (κ1) is 15.4. The van der Waals surface area contributed by atoms with E-state index in [1.165, 1.54) is 0 Å². The Morgan fingerprint density at radius 3 is 2.48 bits per heavy atom. The maximum atomic E-state index is 13.6. The van der Waals surface area contributed by atoms with Gasteiger partial charge in [-0.3, -0.25) is 4.72 Å². The summed E-state index contributed by atoms with van der Waals surface area (Å²) < 4.78 is 52.5. The summed E-state index contributed by atoms with van der Waals surface area (Å²) in [5, 5.41) is 8.70. The zero-order valence-corrected chi connectivity index (χ0v) is 12.4. The summed E-state index contributed by atoms with van der Waals surface area (Å²) >= 11 is 2.76. The first-order chi connectivity index (χ1) is 9.70. The van der Waals surface area contributed by atoms with Crippen molar-refractivity contribution in [3.05, 3.63) is 46.2 Å². The molecule has 0 aliphatic rings. The van der Waals surface area contributed by atoms with Gasteiger partial charge in [-0.25, -0.2) is 22.0 Å². The molecule has 3 N–H and O–H groups in total. The third kappa shape index (κ3) is 3.22. The number of sulfonamides is 1. The van der Waals surface area contributed by atoms with E-state index in [-0.39, 0.29) is 10.2 Å². The van der Waals surface area contributed by atoms with E-state index >= 15 is 0 Å². The summed E-state index contributed by atoms with van der Waals surface area (Å²) in [6.45, 7) is 0. The van der Waals surface area contributed by atoms with Crippen molar-refractivity contribution < 1.29 is 27.1 Å². The Morgan fingerprint density at radius 1 is 1.24 bits per heavy atom. The predicted octanol–water partition coefficient (Wildman–Crippen LogP) is 2.55. The Kier molecular flexibility index (Phi) is 4.01. The minimum absolute atomic E-state index is 0.155. The number of hydrogen-bond acceptors (Lipinski definition) is 3. The SMILES string of the molecule is O=C(O)c1cc(S(=O)(=O)Nc2cc(F)c(Br)cc2F)c[nH]1. The van der Waals surface area contributed by atoms with E-state index in [2.05, 4.69) is 20.9 Å². The molecule has 0 spiro atoms. The average Bonchev–Trinajstić information content (AvgIpc) is 2.86. The second-order valence-electron chi connectivity index (χ2n) is 3.91. The van der Waals surface area contributed by atoms with Crippen molar-refractivity contribution >= 4 is 37.6 Å². The summed E-state index contributed by atoms with van der Waals surface area (Å²) in [6.07, 6.45) is 0.929. The van der Waals surface area contributed by atoms with Gasteiger partial charge in [-0.1, -0.05) is 0 Å². The fourth-order valence-electron chi connectivity index (χ4n) is 1.46. The minimum Gasteiger partial charge on any atom is -0.477 e. The zero-order valence-electron chi connectivity index (χ0n) is 10.0. The number of halogens is 3. The van der Waals surface area contributed by atoms with Crippen molar-refractivity contribution in [2.75, 3.05) is 4.72 Å². The van der Waals surface area contributed by atoms with Gasteiger partial charge in [0, 0.05) is 12.3 Å². The highest BCUT2D eigenvalue weighted by Crippen LogP contribution is 2.25. The summed E-state index contributed by atoms with van der Waals surface area (Å²) in [4.78, 5) is 12.5. The fourth-order valence-corrected chi connectivity index (χ4v) is 2.82. The molecule has 0 unspecified atom stereocenters. The molecule has 0 saturated carbocycles. The number of carboxylic acid groups (broad SMARTS) is 1. The maximum Gasteiger partial charge on any atom is 0.352 e. The van der Waals surface area contributed by atoms with Gasteiger partial charge in [-0.2, -0.15) is 0 Å². The second-order valence-corrected chi connectivity index (χ2v) is 6.44. The zero-order chi connectivity index (χ0) is 15.8. The van der Waals surface area contributed by atoms with Gasteiger partial charge in [-0.15, -0.1) is 0 Å². The number of hydrogen-bond donors (Lipinski definition) is 3. The van der Waals surface area contributed by atoms with Crippen LogP contribution in [0.25, 0.3) is 0 Å². The summed E-state index contributed by atoms with van der Waals surface area (Å²) in [5.74, 6) is -3.19. The van der Waals surface area contributed by atoms with Gasteiger partial charge in [0.2, 0.25) is 0 Å². The van der Waals surface area contributed by atoms with Gasteiger partial charge in [-0.05, 0) is 28.1 Å². The van der Waals surface area contributed by atoms with Gasteiger partial charge < -0.3 is 10.1 Å². The van der Waals surface area contributed by atoms with E-state index in [9.17, 15) is 22.0 Å². The molecule has 0 fully saturated rings. The highest BCUT2D eigenvalue weighted by molar-refractivity contribution is 9.10. The van der Waals surface area contributed by atoms with Crippen molar-refractivity contribution in [1.29, 1.82) is 0 Å². The van der Waals surface area contributed by atoms with Crippen LogP contribution in [0, 0.1) is 11.6 Å². The van der Waals surface area contributed by atoms with E-state index < -0.39 is 38.2 Å². The number of carbonyl (C=O) groups is 1. The fraction of sp³-hybridized carbons (Fsp3) is 0. The molecule has 0 aliphatic carbocycles. The molecule has 10 heteroatoms. The molecule has 0 bridgehead atoms. The summed E-state index contributed by atoms with van der Waals surface area (Å²) in [7, 11) is -4.24. The van der Waals surface area contributed by atoms with Gasteiger partial charge >= 0.3 is 5.97 Å². The van der Waals surface area contributed by atoms with Crippen LogP contribution in [0.3, 0.4) is 0 Å². The molecule has 112 valence electrons. The lowest BCUT2D eigenvalue weighted by Crippen LogP contribution is -2.13. The Hall–Kier alpha value is -1.94. The van der Waals surface area contributed by atoms with E-state index in [1.807, 2.05) is 4.72 Å². The standard InChI is InChI=1S/C11H7BrF2N2O4S/c12-6-2-8(14)9(3-7(6)13)16-21(19,20)5-1-10(11(17)18)15-4-5/h1-4,15-16H,(H,17,18). The van der Waals surface area contributed by atoms with Crippen LogP contribution in [0.2, 0.25) is 0 Å². The first-order valence-corrected chi connectivity index (χ1v) is 7.57. The molecular weight excluding hydrogens is 374 g/mol. The largest absolute Gasteiger partial charge is 0.477 e. The topological polar surface area (TPSA) is 99.3 Å². The normalized spacial score (nSPS) is 11.4. The Morgan fingerprint density at radius 2 is 1.90 bits per heavy atom. The Balaban J connectivity index is 2.37. The van der Waals surface area contributed by atoms with E-state index in [0.717, 1.165) is 18.3 Å². The third-order valence-corrected chi connectivity index (χ3v) is 4.40. The van der Waals surface area contributed by atoms with Crippen LogP contribution in [-0.2, 0) is 10.0 Å². The molecule has 2 rings (SSSR count). The second kappa shape index (κ2) is 5.45. The van der Waals surface area contributed by atoms with Gasteiger partial charge in [0.1, 0.15) is 22.2 Å². The highest BCUT2D eigenvalue weighted by Gasteiger charge is 2.20. The number of benzene rings is 1. The molecule has 6 nitrogen and oxygen atoms in total. The van der Waals surface area contributed by atoms with Crippen LogP contribution in [0.15, 0.2) is 33.8 Å². The molecule has 2 aromatic rings. The van der Waals surface area contributed by atoms with Crippen LogP contribution < -0.4 is 4.72 Å². The smallest absolute Gasteiger partial charge is 0.352 e. The molecule has 0 aliphatic heterocycles. The van der Waals surface area contributed by atoms with Crippen LogP contribution >= 0.6 is 15.9 Å². The number of rotatable bonds is 4. The van der Waals surface area contributed by atoms with Gasteiger partial charge in [0.05, 0.1) is 10.2 Å².